The number of allylic oxidation sites excluding steroid dienone is 5. The molecule has 0 N–H and O–H groups in total. The first-order chi connectivity index (χ1) is 5.30. The minimum absolute atomic E-state index is 0.166. The number of ketones is 1. The smallest absolute Gasteiger partial charge is 0.155 e. The molecule has 1 radical (unpaired) electrons. The van der Waals surface area contributed by atoms with Crippen molar-refractivity contribution in [3.8, 4) is 0 Å². The first-order valence-electron chi connectivity index (χ1n) is 3.45. The van der Waals surface area contributed by atoms with Gasteiger partial charge in [-0.1, -0.05) is 36.1 Å². The van der Waals surface area contributed by atoms with Crippen LogP contribution in [0.25, 0.3) is 0 Å². The lowest BCUT2D eigenvalue weighted by molar-refractivity contribution is -0.110. The quantitative estimate of drug-likeness (QED) is 0.526. The van der Waals surface area contributed by atoms with Crippen molar-refractivity contribution >= 4 is 20.1 Å². The summed E-state index contributed by atoms with van der Waals surface area (Å²) in [5.41, 5.74) is 2.01. The fraction of sp³-hybridized carbons (Fsp3) is 0.111. The Morgan fingerprint density at radius 1 is 1.27 bits per heavy atom. The van der Waals surface area contributed by atoms with Gasteiger partial charge in [-0.2, -0.15) is 0 Å². The summed E-state index contributed by atoms with van der Waals surface area (Å²) >= 11 is 0. The van der Waals surface area contributed by atoms with E-state index in [4.69, 9.17) is 0 Å². The Hall–Kier alpha value is -1.02. The van der Waals surface area contributed by atoms with Crippen molar-refractivity contribution in [2.75, 3.05) is 0 Å². The maximum Gasteiger partial charge on any atom is 0.155 e. The molecule has 0 aromatic heterocycles. The lowest BCUT2D eigenvalue weighted by Crippen LogP contribution is -2.10. The first kappa shape index (κ1) is 8.08. The summed E-state index contributed by atoms with van der Waals surface area (Å²) < 4.78 is 0. The fourth-order valence-electron chi connectivity index (χ4n) is 0.741. The number of hydrogen-bond donors (Lipinski definition) is 0. The van der Waals surface area contributed by atoms with Crippen LogP contribution in [0.1, 0.15) is 6.92 Å². The van der Waals surface area contributed by atoms with Crippen molar-refractivity contribution in [1.82, 2.24) is 0 Å². The molecule has 0 amide bonds. The average Bonchev–Trinajstić information content (AvgIpc) is 1.84. The summed E-state index contributed by atoms with van der Waals surface area (Å²) in [5, 5.41) is 0.894. The minimum atomic E-state index is 0.166. The van der Waals surface area contributed by atoms with Crippen molar-refractivity contribution in [1.29, 1.82) is 0 Å². The van der Waals surface area contributed by atoms with E-state index in [1.165, 1.54) is 0 Å². The average molecular weight is 161 g/mol. The molecule has 0 saturated heterocycles. The van der Waals surface area contributed by atoms with Crippen LogP contribution >= 0.6 is 0 Å². The first-order valence-corrected chi connectivity index (χ1v) is 4.53. The van der Waals surface area contributed by atoms with Crippen LogP contribution in [0.5, 0.6) is 0 Å². The van der Waals surface area contributed by atoms with Crippen LogP contribution in [0.3, 0.4) is 0 Å². The van der Waals surface area contributed by atoms with Crippen LogP contribution in [0.15, 0.2) is 36.1 Å². The molecule has 0 atom stereocenters. The molecular weight excluding hydrogens is 152 g/mol. The highest BCUT2D eigenvalue weighted by Crippen LogP contribution is 1.87. The second-order valence-corrected chi connectivity index (χ2v) is 3.38. The van der Waals surface area contributed by atoms with Crippen molar-refractivity contribution in [2.24, 2.45) is 0 Å². The van der Waals surface area contributed by atoms with Crippen LogP contribution in [-0.4, -0.2) is 20.1 Å². The monoisotopic (exact) mass is 161 g/mol. The molecule has 55 valence electrons. The number of Topliss-reactive ketones (excluding diaryl/α,β-unsaturated/α-hetero) is 1. The third-order valence-electron chi connectivity index (χ3n) is 1.31. The molecular formula is C9H9OSi. The Bertz CT molecular complexity index is 269. The van der Waals surface area contributed by atoms with Gasteiger partial charge in [-0.3, -0.25) is 4.79 Å². The second kappa shape index (κ2) is 3.98. The molecule has 1 rings (SSSR count). The van der Waals surface area contributed by atoms with E-state index in [1.807, 2.05) is 36.1 Å². The molecule has 0 unspecified atom stereocenters. The Morgan fingerprint density at radius 3 is 2.73 bits per heavy atom. The topological polar surface area (TPSA) is 17.1 Å². The molecule has 2 heteroatoms. The highest BCUT2D eigenvalue weighted by atomic mass is 28.2. The van der Waals surface area contributed by atoms with E-state index in [9.17, 15) is 4.79 Å². The van der Waals surface area contributed by atoms with Crippen molar-refractivity contribution in [3.05, 3.63) is 36.1 Å². The van der Waals surface area contributed by atoms with E-state index in [0.717, 1.165) is 5.17 Å². The van der Waals surface area contributed by atoms with Gasteiger partial charge in [0.25, 0.3) is 0 Å². The Kier molecular flexibility index (Phi) is 2.92. The lowest BCUT2D eigenvalue weighted by Gasteiger charge is -1.92. The molecule has 1 nitrogen and oxygen atoms in total. The summed E-state index contributed by atoms with van der Waals surface area (Å²) in [5.74, 6) is 0.166. The van der Waals surface area contributed by atoms with E-state index in [1.54, 1.807) is 6.92 Å². The van der Waals surface area contributed by atoms with Gasteiger partial charge in [-0.15, -0.1) is 0 Å². The third kappa shape index (κ3) is 2.59. The SMILES string of the molecule is CC(=O)C1=[Si]/C=C\C=C/C=C\1. The van der Waals surface area contributed by atoms with Gasteiger partial charge in [0, 0.05) is 5.17 Å². The largest absolute Gasteiger partial charge is 0.295 e. The molecule has 1 aliphatic rings. The van der Waals surface area contributed by atoms with Crippen molar-refractivity contribution < 1.29 is 4.79 Å². The van der Waals surface area contributed by atoms with Gasteiger partial charge in [0.1, 0.15) is 0 Å². The number of carbonyl (C=O) groups excluding carboxylic acids is 1. The third-order valence-corrected chi connectivity index (χ3v) is 2.50. The maximum atomic E-state index is 10.9. The van der Waals surface area contributed by atoms with E-state index in [-0.39, 0.29) is 5.78 Å². The maximum absolute atomic E-state index is 10.9. The van der Waals surface area contributed by atoms with Crippen LogP contribution in [0.2, 0.25) is 0 Å². The molecule has 0 saturated carbocycles. The summed E-state index contributed by atoms with van der Waals surface area (Å²) in [6.45, 7) is 1.60. The minimum Gasteiger partial charge on any atom is -0.295 e. The Balaban J connectivity index is 2.87. The predicted octanol–water partition coefficient (Wildman–Crippen LogP) is 1.09. The summed E-state index contributed by atoms with van der Waals surface area (Å²) in [6, 6.07) is 0. The zero-order valence-electron chi connectivity index (χ0n) is 6.37. The molecule has 1 heterocycles. The van der Waals surface area contributed by atoms with E-state index in [0.29, 0.717) is 9.13 Å². The highest BCUT2D eigenvalue weighted by molar-refractivity contribution is 6.76. The molecule has 0 fully saturated rings. The standard InChI is InChI=1S/C9H9OSi/c1-8(10)9-6-4-2-3-5-7-11-9/h2-7H,1H3/b3-2-,4-2?,5-3?,6-4-,7-5-,9-6?,11-7?,11-9?. The molecule has 0 spiro atoms. The molecule has 11 heavy (non-hydrogen) atoms. The Morgan fingerprint density at radius 2 is 2.00 bits per heavy atom. The Labute approximate surface area is 68.6 Å². The van der Waals surface area contributed by atoms with Gasteiger partial charge in [0.05, 0.1) is 9.13 Å². The van der Waals surface area contributed by atoms with Crippen LogP contribution in [-0.2, 0) is 4.79 Å². The molecule has 0 bridgehead atoms. The fourth-order valence-corrected chi connectivity index (χ4v) is 1.52. The summed E-state index contributed by atoms with van der Waals surface area (Å²) in [7, 11) is 0.510. The van der Waals surface area contributed by atoms with Crippen LogP contribution < -0.4 is 0 Å². The van der Waals surface area contributed by atoms with Crippen LogP contribution in [0, 0.1) is 0 Å². The van der Waals surface area contributed by atoms with E-state index >= 15 is 0 Å². The van der Waals surface area contributed by atoms with E-state index < -0.39 is 0 Å². The number of rotatable bonds is 1. The van der Waals surface area contributed by atoms with Gasteiger partial charge < -0.3 is 0 Å². The summed E-state index contributed by atoms with van der Waals surface area (Å²) in [4.78, 5) is 10.9. The van der Waals surface area contributed by atoms with Crippen molar-refractivity contribution in [2.45, 2.75) is 6.92 Å². The molecule has 0 aromatic rings. The highest BCUT2D eigenvalue weighted by Gasteiger charge is 1.96. The van der Waals surface area contributed by atoms with Gasteiger partial charge in [0.2, 0.25) is 0 Å². The lowest BCUT2D eigenvalue weighted by atomic mass is 10.3. The zero-order valence-corrected chi connectivity index (χ0v) is 7.37. The van der Waals surface area contributed by atoms with Crippen molar-refractivity contribution in [3.63, 3.8) is 0 Å². The molecule has 0 aromatic carbocycles. The van der Waals surface area contributed by atoms with Gasteiger partial charge >= 0.3 is 0 Å². The second-order valence-electron chi connectivity index (χ2n) is 2.22. The van der Waals surface area contributed by atoms with Gasteiger partial charge in [-0.05, 0) is 6.92 Å². The molecule has 1 aliphatic heterocycles. The molecule has 0 aliphatic carbocycles. The summed E-state index contributed by atoms with van der Waals surface area (Å²) in [6.07, 6.45) is 9.61. The number of hydrogen-bond acceptors (Lipinski definition) is 1. The van der Waals surface area contributed by atoms with Gasteiger partial charge in [-0.25, -0.2) is 0 Å². The van der Waals surface area contributed by atoms with E-state index in [2.05, 4.69) is 0 Å². The number of carbonyl (C=O) groups is 1. The zero-order chi connectivity index (χ0) is 8.10. The van der Waals surface area contributed by atoms with Gasteiger partial charge in [0.15, 0.2) is 5.78 Å². The van der Waals surface area contributed by atoms with Crippen LogP contribution in [0.4, 0.5) is 0 Å². The normalized spacial score (nSPS) is 29.0. The predicted molar refractivity (Wildman–Crippen MR) is 48.9 cm³/mol.